The van der Waals surface area contributed by atoms with E-state index in [1.165, 1.54) is 64.2 Å². The van der Waals surface area contributed by atoms with Crippen molar-refractivity contribution in [3.63, 3.8) is 0 Å². The van der Waals surface area contributed by atoms with Gasteiger partial charge < -0.3 is 13.6 Å². The third kappa shape index (κ3) is 15.9. The summed E-state index contributed by atoms with van der Waals surface area (Å²) in [6.45, 7) is 7.48. The van der Waals surface area contributed by atoms with Crippen LogP contribution in [0.15, 0.2) is 18.7 Å². The lowest BCUT2D eigenvalue weighted by atomic mass is 10.2. The van der Waals surface area contributed by atoms with Gasteiger partial charge in [-0.1, -0.05) is 65.2 Å². The molecule has 1 heterocycles. The highest BCUT2D eigenvalue weighted by Gasteiger charge is 2.46. The van der Waals surface area contributed by atoms with E-state index in [0.29, 0.717) is 13.5 Å². The molecule has 0 saturated carbocycles. The van der Waals surface area contributed by atoms with Crippen molar-refractivity contribution in [1.29, 1.82) is 0 Å². The average Bonchev–Trinajstić information content (AvgIpc) is 3.24. The molecule has 0 aromatic carbocycles. The van der Waals surface area contributed by atoms with Crippen molar-refractivity contribution in [2.45, 2.75) is 103 Å². The Hall–Kier alpha value is -1.43. The number of imidazole rings is 1. The Morgan fingerprint density at radius 2 is 1.18 bits per heavy atom. The molecule has 0 aliphatic heterocycles. The summed E-state index contributed by atoms with van der Waals surface area (Å²) in [5.41, 5.74) is -12.4. The molecule has 226 valence electrons. The van der Waals surface area contributed by atoms with E-state index in [4.69, 9.17) is 9.47 Å². The summed E-state index contributed by atoms with van der Waals surface area (Å²) in [4.78, 5) is 0. The van der Waals surface area contributed by atoms with Gasteiger partial charge in [-0.05, 0) is 12.8 Å². The first-order valence-corrected chi connectivity index (χ1v) is 15.0. The highest BCUT2D eigenvalue weighted by atomic mass is 32.3. The molecule has 0 unspecified atom stereocenters. The van der Waals surface area contributed by atoms with E-state index in [1.54, 1.807) is 0 Å². The van der Waals surface area contributed by atoms with Crippen LogP contribution in [0.1, 0.15) is 78.1 Å². The Kier molecular flexibility index (Phi) is 17.3. The quantitative estimate of drug-likeness (QED) is 0.120. The second kappa shape index (κ2) is 18.0. The van der Waals surface area contributed by atoms with Gasteiger partial charge >= 0.3 is 11.0 Å². The number of nitrogens with zero attached hydrogens (tertiary/aromatic N) is 3. The molecule has 0 atom stereocenters. The molecule has 0 N–H and O–H groups in total. The number of rotatable bonds is 18. The van der Waals surface area contributed by atoms with Gasteiger partial charge in [-0.15, -0.1) is 0 Å². The molecule has 0 saturated heterocycles. The van der Waals surface area contributed by atoms with Crippen LogP contribution in [-0.2, 0) is 43.0 Å². The van der Waals surface area contributed by atoms with Gasteiger partial charge in [-0.3, -0.25) is 0 Å². The molecular weight excluding hydrogens is 568 g/mol. The number of unbranched alkanes of at least 4 members (excludes halogenated alkanes) is 8. The number of sulfonamides is 2. The van der Waals surface area contributed by atoms with Crippen LogP contribution in [0.3, 0.4) is 0 Å². The van der Waals surface area contributed by atoms with E-state index in [2.05, 4.69) is 23.0 Å². The van der Waals surface area contributed by atoms with Crippen LogP contribution in [0.4, 0.5) is 26.3 Å². The second-order valence-corrected chi connectivity index (χ2v) is 11.7. The third-order valence-corrected chi connectivity index (χ3v) is 7.53. The van der Waals surface area contributed by atoms with Crippen molar-refractivity contribution >= 4 is 20.0 Å². The van der Waals surface area contributed by atoms with Gasteiger partial charge in [0, 0.05) is 0 Å². The van der Waals surface area contributed by atoms with Gasteiger partial charge in [0.1, 0.15) is 12.4 Å². The van der Waals surface area contributed by atoms with Crippen molar-refractivity contribution in [2.24, 2.45) is 0 Å². The predicted molar refractivity (Wildman–Crippen MR) is 127 cm³/mol. The normalized spacial score (nSPS) is 12.8. The largest absolute Gasteiger partial charge is 0.480 e. The lowest BCUT2D eigenvalue weighted by Gasteiger charge is -2.22. The van der Waals surface area contributed by atoms with Crippen LogP contribution in [0.25, 0.3) is 4.13 Å². The zero-order valence-electron chi connectivity index (χ0n) is 21.5. The Morgan fingerprint density at radius 1 is 0.737 bits per heavy atom. The Balaban J connectivity index is 0.000000793. The first-order chi connectivity index (χ1) is 17.6. The summed E-state index contributed by atoms with van der Waals surface area (Å²) >= 11 is 0. The standard InChI is InChI=1S/C19H37N2O2.C2F6NO4S2/c1-3-5-7-9-11-15-22-18-20-13-14-21(17-20)19-23-16-12-10-8-6-4-2;3-1(4,5)14(10,11)9-15(12,13)2(6,7)8/h13-14,17H,3-12,15-16,18-19H2,1-2H3;/q+1;-1. The van der Waals surface area contributed by atoms with Crippen LogP contribution < -0.4 is 4.57 Å². The van der Waals surface area contributed by atoms with Crippen LogP contribution in [0.2, 0.25) is 0 Å². The molecule has 0 radical (unpaired) electrons. The minimum atomic E-state index is -6.72. The van der Waals surface area contributed by atoms with Crippen molar-refractivity contribution in [3.05, 3.63) is 22.8 Å². The molecule has 0 amide bonds. The van der Waals surface area contributed by atoms with E-state index in [-0.39, 0.29) is 0 Å². The van der Waals surface area contributed by atoms with Crippen LogP contribution in [0.5, 0.6) is 0 Å². The smallest absolute Gasteiger partial charge is 0.421 e. The first-order valence-electron chi connectivity index (χ1n) is 12.1. The number of hydrogen-bond donors (Lipinski definition) is 0. The van der Waals surface area contributed by atoms with Gasteiger partial charge in [0.25, 0.3) is 0 Å². The van der Waals surface area contributed by atoms with Crippen LogP contribution in [-0.4, -0.2) is 45.6 Å². The first kappa shape index (κ1) is 36.6. The van der Waals surface area contributed by atoms with Gasteiger partial charge in [0.05, 0.1) is 13.2 Å². The number of halogens is 6. The topological polar surface area (TPSA) is 110 Å². The maximum atomic E-state index is 11.4. The summed E-state index contributed by atoms with van der Waals surface area (Å²) < 4.78 is 125. The Morgan fingerprint density at radius 3 is 1.63 bits per heavy atom. The van der Waals surface area contributed by atoms with E-state index in [1.807, 2.05) is 18.7 Å². The molecule has 0 bridgehead atoms. The van der Waals surface area contributed by atoms with Gasteiger partial charge in [0.2, 0.25) is 6.33 Å². The SMILES string of the molecule is CCCCCCCOCn1cc[n+](COCCCCCCC)c1.O=S(=O)([N-]S(=O)(=O)C(F)(F)F)C(F)(F)F. The summed E-state index contributed by atoms with van der Waals surface area (Å²) in [6, 6.07) is 0. The maximum absolute atomic E-state index is 11.4. The highest BCUT2D eigenvalue weighted by Crippen LogP contribution is 2.36. The van der Waals surface area contributed by atoms with Crippen molar-refractivity contribution < 1.29 is 57.2 Å². The van der Waals surface area contributed by atoms with E-state index in [0.717, 1.165) is 17.3 Å². The van der Waals surface area contributed by atoms with Crippen LogP contribution >= 0.6 is 0 Å². The molecule has 1 rings (SSSR count). The fourth-order valence-corrected chi connectivity index (χ4v) is 4.47. The lowest BCUT2D eigenvalue weighted by Crippen LogP contribution is -2.32. The monoisotopic (exact) mass is 605 g/mol. The van der Waals surface area contributed by atoms with Gasteiger partial charge in [-0.2, -0.15) is 26.3 Å². The van der Waals surface area contributed by atoms with Crippen molar-refractivity contribution in [3.8, 4) is 0 Å². The number of aromatic nitrogens is 2. The predicted octanol–water partition coefficient (Wildman–Crippen LogP) is 5.72. The molecule has 0 aliphatic carbocycles. The van der Waals surface area contributed by atoms with Crippen molar-refractivity contribution in [2.75, 3.05) is 13.2 Å². The zero-order valence-corrected chi connectivity index (χ0v) is 23.1. The molecule has 17 heteroatoms. The molecule has 38 heavy (non-hydrogen) atoms. The number of ether oxygens (including phenoxy) is 2. The molecule has 1 aromatic rings. The van der Waals surface area contributed by atoms with Crippen LogP contribution in [0, 0.1) is 0 Å². The molecule has 9 nitrogen and oxygen atoms in total. The minimum Gasteiger partial charge on any atom is -0.421 e. The fourth-order valence-electron chi connectivity index (χ4n) is 2.76. The lowest BCUT2D eigenvalue weighted by molar-refractivity contribution is -0.732. The molecule has 0 fully saturated rings. The molecule has 0 spiro atoms. The Bertz CT molecular complexity index is 892. The maximum Gasteiger partial charge on any atom is 0.480 e. The summed E-state index contributed by atoms with van der Waals surface area (Å²) in [7, 11) is -13.4. The number of hydrogen-bond acceptors (Lipinski definition) is 6. The highest BCUT2D eigenvalue weighted by molar-refractivity contribution is 8.13. The molecule has 1 aromatic heterocycles. The second-order valence-electron chi connectivity index (χ2n) is 8.26. The van der Waals surface area contributed by atoms with E-state index in [9.17, 15) is 43.2 Å². The van der Waals surface area contributed by atoms with Gasteiger partial charge in [-0.25, -0.2) is 26.0 Å². The Labute approximate surface area is 220 Å². The molecule has 0 aliphatic rings. The van der Waals surface area contributed by atoms with E-state index < -0.39 is 31.1 Å². The van der Waals surface area contributed by atoms with E-state index >= 15 is 0 Å². The third-order valence-electron chi connectivity index (χ3n) is 4.79. The summed E-state index contributed by atoms with van der Waals surface area (Å²) in [5.74, 6) is 0. The average molecular weight is 606 g/mol. The van der Waals surface area contributed by atoms with Crippen molar-refractivity contribution in [1.82, 2.24) is 4.57 Å². The van der Waals surface area contributed by atoms with Gasteiger partial charge in [0.15, 0.2) is 33.5 Å². The minimum absolute atomic E-state index is 0.637. The summed E-state index contributed by atoms with van der Waals surface area (Å²) in [5, 5.41) is 0. The zero-order chi connectivity index (χ0) is 29.3. The number of alkyl halides is 6. The fraction of sp³-hybridized carbons (Fsp3) is 0.857. The molecular formula is C21H37F6N3O6S2. The summed E-state index contributed by atoms with van der Waals surface area (Å²) in [6.07, 6.45) is 19.0.